The molecule has 0 fully saturated rings. The molecule has 0 saturated heterocycles. The maximum absolute atomic E-state index is 12.9. The summed E-state index contributed by atoms with van der Waals surface area (Å²) in [5, 5.41) is 7.52. The lowest BCUT2D eigenvalue weighted by Gasteiger charge is -2.35. The van der Waals surface area contributed by atoms with Crippen molar-refractivity contribution in [2.24, 2.45) is 11.3 Å². The van der Waals surface area contributed by atoms with Crippen LogP contribution in [-0.4, -0.2) is 16.7 Å². The number of guanidine groups is 1. The number of furan rings is 1. The number of carbonyl (C=O) groups excluding carboxylic acids is 1. The van der Waals surface area contributed by atoms with Crippen LogP contribution in [-0.2, 0) is 4.79 Å². The molecule has 6 nitrogen and oxygen atoms in total. The fourth-order valence-corrected chi connectivity index (χ4v) is 4.87. The van der Waals surface area contributed by atoms with Gasteiger partial charge in [-0.2, -0.15) is 0 Å². The highest BCUT2D eigenvalue weighted by atomic mass is 32.1. The van der Waals surface area contributed by atoms with Crippen LogP contribution >= 0.6 is 11.3 Å². The first kappa shape index (κ1) is 17.2. The Morgan fingerprint density at radius 1 is 1.29 bits per heavy atom. The summed E-state index contributed by atoms with van der Waals surface area (Å²) in [6, 6.07) is 11.5. The number of nitrogens with one attached hydrogen (secondary N) is 3. The van der Waals surface area contributed by atoms with Gasteiger partial charge in [0.15, 0.2) is 0 Å². The van der Waals surface area contributed by atoms with Gasteiger partial charge in [-0.1, -0.05) is 37.3 Å². The number of rotatable bonds is 2. The SMILES string of the molecule is CC1(C)C=C2NC(Nc3nc4ccccc4s3)=[NH+][C@@H](c3ccco3)[C@@H]2C(=O)C1. The van der Waals surface area contributed by atoms with E-state index in [1.54, 1.807) is 17.6 Å². The average Bonchev–Trinajstić information content (AvgIpc) is 3.29. The highest BCUT2D eigenvalue weighted by molar-refractivity contribution is 7.22. The molecule has 3 aromatic rings. The smallest absolute Gasteiger partial charge is 0.355 e. The van der Waals surface area contributed by atoms with E-state index in [-0.39, 0.29) is 23.2 Å². The van der Waals surface area contributed by atoms with E-state index >= 15 is 0 Å². The fourth-order valence-electron chi connectivity index (χ4n) is 4.00. The lowest BCUT2D eigenvalue weighted by molar-refractivity contribution is -0.525. The molecule has 1 aliphatic heterocycles. The summed E-state index contributed by atoms with van der Waals surface area (Å²) in [6.07, 6.45) is 4.32. The van der Waals surface area contributed by atoms with E-state index in [4.69, 9.17) is 4.42 Å². The topological polar surface area (TPSA) is 81.1 Å². The van der Waals surface area contributed by atoms with Crippen LogP contribution in [0.25, 0.3) is 10.2 Å². The maximum atomic E-state index is 12.9. The number of fused-ring (bicyclic) bond motifs is 2. The van der Waals surface area contributed by atoms with Crippen molar-refractivity contribution in [2.75, 3.05) is 5.32 Å². The van der Waals surface area contributed by atoms with Crippen molar-refractivity contribution in [3.05, 3.63) is 60.2 Å². The van der Waals surface area contributed by atoms with Crippen molar-refractivity contribution in [3.63, 3.8) is 0 Å². The minimum atomic E-state index is -0.292. The van der Waals surface area contributed by atoms with Crippen LogP contribution in [0.3, 0.4) is 0 Å². The molecule has 5 rings (SSSR count). The van der Waals surface area contributed by atoms with Gasteiger partial charge in [0.2, 0.25) is 0 Å². The Labute approximate surface area is 166 Å². The van der Waals surface area contributed by atoms with E-state index in [1.165, 1.54) is 0 Å². The number of allylic oxidation sites excluding steroid dienone is 1. The van der Waals surface area contributed by atoms with Crippen molar-refractivity contribution in [1.82, 2.24) is 10.3 Å². The van der Waals surface area contributed by atoms with Crippen LogP contribution in [0.15, 0.2) is 58.9 Å². The van der Waals surface area contributed by atoms with Crippen LogP contribution < -0.4 is 15.6 Å². The molecule has 0 radical (unpaired) electrons. The Morgan fingerprint density at radius 3 is 2.93 bits per heavy atom. The number of nitrogens with zero attached hydrogens (tertiary/aromatic N) is 1. The van der Waals surface area contributed by atoms with E-state index in [9.17, 15) is 4.79 Å². The van der Waals surface area contributed by atoms with Crippen molar-refractivity contribution < 1.29 is 14.2 Å². The molecule has 1 aliphatic carbocycles. The third-order valence-electron chi connectivity index (χ3n) is 5.14. The van der Waals surface area contributed by atoms with Gasteiger partial charge in [0.25, 0.3) is 5.13 Å². The lowest BCUT2D eigenvalue weighted by Crippen LogP contribution is -2.84. The largest absolute Gasteiger partial charge is 0.466 e. The minimum Gasteiger partial charge on any atom is -0.466 e. The molecule has 0 amide bonds. The van der Waals surface area contributed by atoms with Gasteiger partial charge >= 0.3 is 5.96 Å². The number of hydrogen-bond acceptors (Lipinski definition) is 6. The molecule has 0 spiro atoms. The number of anilines is 1. The first-order valence-electron chi connectivity index (χ1n) is 9.30. The molecule has 0 saturated carbocycles. The molecule has 1 aromatic carbocycles. The van der Waals surface area contributed by atoms with Crippen LogP contribution in [0.1, 0.15) is 32.1 Å². The second-order valence-corrected chi connectivity index (χ2v) is 8.99. The Balaban J connectivity index is 1.54. The van der Waals surface area contributed by atoms with Gasteiger partial charge in [-0.05, 0) is 35.8 Å². The maximum Gasteiger partial charge on any atom is 0.355 e. The van der Waals surface area contributed by atoms with Crippen LogP contribution in [0.2, 0.25) is 0 Å². The number of carbonyl (C=O) groups is 1. The zero-order valence-corrected chi connectivity index (χ0v) is 16.5. The third kappa shape index (κ3) is 3.01. The highest BCUT2D eigenvalue weighted by Gasteiger charge is 2.46. The number of para-hydroxylation sites is 1. The summed E-state index contributed by atoms with van der Waals surface area (Å²) in [4.78, 5) is 21.0. The average molecular weight is 393 g/mol. The van der Waals surface area contributed by atoms with Crippen LogP contribution in [0.5, 0.6) is 0 Å². The third-order valence-corrected chi connectivity index (χ3v) is 6.09. The summed E-state index contributed by atoms with van der Waals surface area (Å²) < 4.78 is 6.77. The highest BCUT2D eigenvalue weighted by Crippen LogP contribution is 2.38. The Kier molecular flexibility index (Phi) is 3.87. The predicted molar refractivity (Wildman–Crippen MR) is 109 cm³/mol. The summed E-state index contributed by atoms with van der Waals surface area (Å²) >= 11 is 1.59. The van der Waals surface area contributed by atoms with Gasteiger partial charge in [-0.3, -0.25) is 9.79 Å². The van der Waals surface area contributed by atoms with Gasteiger partial charge < -0.3 is 4.42 Å². The lowest BCUT2D eigenvalue weighted by atomic mass is 9.73. The zero-order chi connectivity index (χ0) is 19.3. The monoisotopic (exact) mass is 393 g/mol. The van der Waals surface area contributed by atoms with E-state index < -0.39 is 0 Å². The summed E-state index contributed by atoms with van der Waals surface area (Å²) in [5.74, 6) is 1.37. The van der Waals surface area contributed by atoms with E-state index in [0.29, 0.717) is 12.4 Å². The first-order valence-corrected chi connectivity index (χ1v) is 10.1. The second kappa shape index (κ2) is 6.31. The zero-order valence-electron chi connectivity index (χ0n) is 15.7. The molecule has 28 heavy (non-hydrogen) atoms. The number of Topliss-reactive ketones (excluding diaryl/α,β-unsaturated/α-hetero) is 1. The standard InChI is InChI=1S/C21H20N4O2S/c1-21(2)10-13-17(14(26)11-21)18(15-7-5-9-27-15)24-19(22-13)25-20-23-12-6-3-4-8-16(12)28-20/h3-10,17-18H,11H2,1-2H3,(H2,22,23,24,25)/p+1/t17-,18-/m0/s1. The van der Waals surface area contributed by atoms with Crippen LogP contribution in [0.4, 0.5) is 5.13 Å². The second-order valence-electron chi connectivity index (χ2n) is 7.96. The van der Waals surface area contributed by atoms with Crippen molar-refractivity contribution >= 4 is 38.4 Å². The van der Waals surface area contributed by atoms with Gasteiger partial charge in [-0.15, -0.1) is 0 Å². The van der Waals surface area contributed by atoms with Crippen molar-refractivity contribution in [1.29, 1.82) is 0 Å². The van der Waals surface area contributed by atoms with E-state index in [2.05, 4.69) is 46.6 Å². The normalized spacial score (nSPS) is 23.6. The molecule has 3 heterocycles. The Hall–Kier alpha value is -2.93. The molecule has 142 valence electrons. The fraction of sp³-hybridized carbons (Fsp3) is 0.286. The van der Waals surface area contributed by atoms with Gasteiger partial charge in [0.1, 0.15) is 23.5 Å². The molecular weight excluding hydrogens is 372 g/mol. The number of ketones is 1. The number of hydrogen-bond donors (Lipinski definition) is 3. The molecule has 2 atom stereocenters. The Morgan fingerprint density at radius 2 is 2.14 bits per heavy atom. The molecule has 2 aliphatic rings. The Bertz CT molecular complexity index is 1080. The number of benzene rings is 1. The first-order chi connectivity index (χ1) is 13.5. The van der Waals surface area contributed by atoms with Crippen molar-refractivity contribution in [3.8, 4) is 0 Å². The molecular formula is C21H21N4O2S+. The number of aromatic nitrogens is 1. The van der Waals surface area contributed by atoms with Crippen LogP contribution in [0, 0.1) is 11.3 Å². The molecule has 0 bridgehead atoms. The molecule has 7 heteroatoms. The van der Waals surface area contributed by atoms with Gasteiger partial charge in [0, 0.05) is 6.42 Å². The van der Waals surface area contributed by atoms with Gasteiger partial charge in [0.05, 0.1) is 22.2 Å². The summed E-state index contributed by atoms with van der Waals surface area (Å²) in [6.45, 7) is 4.17. The quantitative estimate of drug-likeness (QED) is 0.624. The molecule has 2 aromatic heterocycles. The predicted octanol–water partition coefficient (Wildman–Crippen LogP) is 2.58. The van der Waals surface area contributed by atoms with Gasteiger partial charge in [-0.25, -0.2) is 15.6 Å². The molecule has 0 unspecified atom stereocenters. The van der Waals surface area contributed by atoms with E-state index in [1.807, 2.05) is 30.3 Å². The van der Waals surface area contributed by atoms with E-state index in [0.717, 1.165) is 26.8 Å². The summed E-state index contributed by atoms with van der Waals surface area (Å²) in [7, 11) is 0. The summed E-state index contributed by atoms with van der Waals surface area (Å²) in [5.41, 5.74) is 1.69. The minimum absolute atomic E-state index is 0.179. The van der Waals surface area contributed by atoms with Crippen molar-refractivity contribution in [2.45, 2.75) is 26.3 Å². The molecule has 3 N–H and O–H groups in total. The number of thiazole rings is 1.